The summed E-state index contributed by atoms with van der Waals surface area (Å²) in [6, 6.07) is 2.01. The monoisotopic (exact) mass is 233 g/mol. The number of Topliss-reactive ketones (excluding diaryl/α,β-unsaturated/α-hetero) is 1. The Hall–Kier alpha value is -1.14. The Kier molecular flexibility index (Phi) is 2.67. The van der Waals surface area contributed by atoms with Crippen molar-refractivity contribution in [3.8, 4) is 6.07 Å². The van der Waals surface area contributed by atoms with E-state index in [1.165, 1.54) is 0 Å². The number of carbonyl (C=O) groups is 1. The molecule has 0 spiro atoms. The average Bonchev–Trinajstić information content (AvgIpc) is 2.23. The second-order valence-electron chi connectivity index (χ2n) is 6.21. The van der Waals surface area contributed by atoms with Gasteiger partial charge in [-0.2, -0.15) is 5.26 Å². The molecule has 3 atom stereocenters. The van der Waals surface area contributed by atoms with E-state index in [1.807, 2.05) is 19.9 Å². The molecule has 0 bridgehead atoms. The minimum absolute atomic E-state index is 0.0427. The third-order valence-electron chi connectivity index (χ3n) is 4.56. The van der Waals surface area contributed by atoms with E-state index in [0.717, 1.165) is 12.8 Å². The van der Waals surface area contributed by atoms with Gasteiger partial charge in [-0.3, -0.25) is 4.79 Å². The largest absolute Gasteiger partial charge is 0.393 e. The predicted molar refractivity (Wildman–Crippen MR) is 63.9 cm³/mol. The fourth-order valence-electron chi connectivity index (χ4n) is 3.77. The molecule has 0 radical (unpaired) electrons. The zero-order chi connectivity index (χ0) is 12.8. The Labute approximate surface area is 102 Å². The first kappa shape index (κ1) is 12.3. The quantitative estimate of drug-likeness (QED) is 0.697. The Morgan fingerprint density at radius 3 is 2.65 bits per heavy atom. The van der Waals surface area contributed by atoms with Gasteiger partial charge in [-0.1, -0.05) is 26.8 Å². The Morgan fingerprint density at radius 2 is 2.06 bits per heavy atom. The van der Waals surface area contributed by atoms with Gasteiger partial charge in [0.25, 0.3) is 0 Å². The van der Waals surface area contributed by atoms with Crippen LogP contribution in [0.25, 0.3) is 0 Å². The van der Waals surface area contributed by atoms with Gasteiger partial charge in [-0.05, 0) is 30.6 Å². The molecule has 0 unspecified atom stereocenters. The third kappa shape index (κ3) is 1.71. The van der Waals surface area contributed by atoms with Crippen LogP contribution < -0.4 is 0 Å². The second kappa shape index (κ2) is 3.68. The minimum Gasteiger partial charge on any atom is -0.393 e. The smallest absolute Gasteiger partial charge is 0.178 e. The highest BCUT2D eigenvalue weighted by molar-refractivity contribution is 6.04. The zero-order valence-electron chi connectivity index (χ0n) is 10.7. The van der Waals surface area contributed by atoms with Crippen molar-refractivity contribution in [2.45, 2.75) is 46.1 Å². The van der Waals surface area contributed by atoms with Crippen molar-refractivity contribution in [2.75, 3.05) is 0 Å². The number of fused-ring (bicyclic) bond motifs is 1. The van der Waals surface area contributed by atoms with Crippen LogP contribution in [-0.4, -0.2) is 17.0 Å². The summed E-state index contributed by atoms with van der Waals surface area (Å²) in [7, 11) is 0. The standard InChI is InChI=1S/C14H19NO2/c1-13(2)11-5-4-10(16)7-14(11,3)6-9(8-15)12(13)17/h6,10-11,16H,4-5,7H2,1-3H3/t10-,11+,14-/m1/s1. The molecule has 0 saturated heterocycles. The minimum atomic E-state index is -0.491. The molecule has 1 saturated carbocycles. The van der Waals surface area contributed by atoms with E-state index in [0.29, 0.717) is 6.42 Å². The Morgan fingerprint density at radius 1 is 1.41 bits per heavy atom. The first-order chi connectivity index (χ1) is 7.81. The summed E-state index contributed by atoms with van der Waals surface area (Å²) in [5.41, 5.74) is -0.447. The summed E-state index contributed by atoms with van der Waals surface area (Å²) in [6.45, 7) is 5.92. The van der Waals surface area contributed by atoms with Crippen molar-refractivity contribution in [1.82, 2.24) is 0 Å². The van der Waals surface area contributed by atoms with E-state index in [1.54, 1.807) is 6.08 Å². The Bertz CT molecular complexity index is 430. The molecule has 3 nitrogen and oxygen atoms in total. The first-order valence-electron chi connectivity index (χ1n) is 6.17. The van der Waals surface area contributed by atoms with Gasteiger partial charge in [0.05, 0.1) is 11.7 Å². The molecule has 0 aliphatic heterocycles. The fraction of sp³-hybridized carbons (Fsp3) is 0.714. The first-order valence-corrected chi connectivity index (χ1v) is 6.17. The van der Waals surface area contributed by atoms with Gasteiger partial charge in [0, 0.05) is 5.41 Å². The lowest BCUT2D eigenvalue weighted by Gasteiger charge is -2.51. The van der Waals surface area contributed by atoms with Gasteiger partial charge in [0.1, 0.15) is 6.07 Å². The molecule has 0 heterocycles. The second-order valence-corrected chi connectivity index (χ2v) is 6.21. The maximum absolute atomic E-state index is 12.2. The number of ketones is 1. The molecule has 0 amide bonds. The number of aliphatic hydroxyl groups is 1. The van der Waals surface area contributed by atoms with E-state index in [9.17, 15) is 9.90 Å². The molecular weight excluding hydrogens is 214 g/mol. The molecule has 1 N–H and O–H groups in total. The zero-order valence-corrected chi connectivity index (χ0v) is 10.7. The normalized spacial score (nSPS) is 40.2. The predicted octanol–water partition coefficient (Wildman–Crippen LogP) is 2.21. The van der Waals surface area contributed by atoms with Crippen LogP contribution in [-0.2, 0) is 4.79 Å². The SMILES string of the molecule is CC1(C)C(=O)C(C#N)=C[C@]2(C)C[C@H](O)CC[C@@H]12. The van der Waals surface area contributed by atoms with Crippen LogP contribution >= 0.6 is 0 Å². The van der Waals surface area contributed by atoms with Crippen LogP contribution in [0.15, 0.2) is 11.6 Å². The van der Waals surface area contributed by atoms with Gasteiger partial charge in [0.15, 0.2) is 5.78 Å². The fourth-order valence-corrected chi connectivity index (χ4v) is 3.77. The number of hydrogen-bond donors (Lipinski definition) is 1. The lowest BCUT2D eigenvalue weighted by atomic mass is 9.52. The summed E-state index contributed by atoms with van der Waals surface area (Å²) in [5.74, 6) is 0.182. The van der Waals surface area contributed by atoms with Crippen LogP contribution in [0, 0.1) is 28.1 Å². The molecule has 17 heavy (non-hydrogen) atoms. The van der Waals surface area contributed by atoms with Gasteiger partial charge in [-0.15, -0.1) is 0 Å². The summed E-state index contributed by atoms with van der Waals surface area (Å²) >= 11 is 0. The third-order valence-corrected chi connectivity index (χ3v) is 4.56. The van der Waals surface area contributed by atoms with Gasteiger partial charge in [0.2, 0.25) is 0 Å². The van der Waals surface area contributed by atoms with Crippen LogP contribution in [0.3, 0.4) is 0 Å². The lowest BCUT2D eigenvalue weighted by Crippen LogP contribution is -2.50. The number of nitrogens with zero attached hydrogens (tertiary/aromatic N) is 1. The number of aliphatic hydroxyl groups excluding tert-OH is 1. The molecule has 2 aliphatic carbocycles. The van der Waals surface area contributed by atoms with E-state index in [2.05, 4.69) is 6.92 Å². The van der Waals surface area contributed by atoms with Gasteiger partial charge < -0.3 is 5.11 Å². The van der Waals surface area contributed by atoms with Crippen molar-refractivity contribution in [2.24, 2.45) is 16.7 Å². The van der Waals surface area contributed by atoms with Crippen LogP contribution in [0.1, 0.15) is 40.0 Å². The Balaban J connectivity index is 2.51. The van der Waals surface area contributed by atoms with Crippen molar-refractivity contribution < 1.29 is 9.90 Å². The summed E-state index contributed by atoms with van der Waals surface area (Å²) < 4.78 is 0. The average molecular weight is 233 g/mol. The molecular formula is C14H19NO2. The lowest BCUT2D eigenvalue weighted by molar-refractivity contribution is -0.132. The van der Waals surface area contributed by atoms with E-state index < -0.39 is 5.41 Å². The van der Waals surface area contributed by atoms with Crippen molar-refractivity contribution in [3.05, 3.63) is 11.6 Å². The molecule has 2 rings (SSSR count). The molecule has 0 aromatic carbocycles. The summed E-state index contributed by atoms with van der Waals surface area (Å²) in [4.78, 5) is 12.2. The van der Waals surface area contributed by atoms with Crippen molar-refractivity contribution in [3.63, 3.8) is 0 Å². The molecule has 92 valence electrons. The van der Waals surface area contributed by atoms with E-state index in [4.69, 9.17) is 5.26 Å². The number of nitriles is 1. The summed E-state index contributed by atoms with van der Waals surface area (Å²) in [5, 5.41) is 18.9. The topological polar surface area (TPSA) is 61.1 Å². The van der Waals surface area contributed by atoms with E-state index >= 15 is 0 Å². The molecule has 2 aliphatic rings. The molecule has 0 aromatic rings. The maximum Gasteiger partial charge on any atom is 0.178 e. The number of hydrogen-bond acceptors (Lipinski definition) is 3. The van der Waals surface area contributed by atoms with Crippen molar-refractivity contribution >= 4 is 5.78 Å². The highest BCUT2D eigenvalue weighted by Crippen LogP contribution is 2.54. The van der Waals surface area contributed by atoms with Crippen LogP contribution in [0.5, 0.6) is 0 Å². The van der Waals surface area contributed by atoms with Gasteiger partial charge in [-0.25, -0.2) is 0 Å². The number of rotatable bonds is 0. The molecule has 1 fully saturated rings. The summed E-state index contributed by atoms with van der Waals surface area (Å²) in [6.07, 6.45) is 3.75. The number of allylic oxidation sites excluding steroid dienone is 2. The highest BCUT2D eigenvalue weighted by atomic mass is 16.3. The number of carbonyl (C=O) groups excluding carboxylic acids is 1. The van der Waals surface area contributed by atoms with Crippen LogP contribution in [0.4, 0.5) is 0 Å². The van der Waals surface area contributed by atoms with Gasteiger partial charge >= 0.3 is 0 Å². The maximum atomic E-state index is 12.2. The highest BCUT2D eigenvalue weighted by Gasteiger charge is 2.53. The van der Waals surface area contributed by atoms with Crippen LogP contribution in [0.2, 0.25) is 0 Å². The van der Waals surface area contributed by atoms with Crippen molar-refractivity contribution in [1.29, 1.82) is 5.26 Å². The molecule has 3 heteroatoms. The van der Waals surface area contributed by atoms with E-state index in [-0.39, 0.29) is 28.8 Å². The molecule has 0 aromatic heterocycles.